The van der Waals surface area contributed by atoms with Crippen LogP contribution in [0, 0.1) is 0 Å². The van der Waals surface area contributed by atoms with E-state index in [4.69, 9.17) is 47.1 Å². The standard InChI is InChI=1S/C28H44O16Si/c1-15(29)35-11-23-24(44-45(7,8)9)25(41-19(5)33)26(42-20(6)34)27(43-23)37-14-28(13-36-16(2)30)10-21(39-17(3)31)22(12-38-28)40-18(4)32/h21-27H,10-14H2,1-9H3/t21?,22?,23?,24?,25?,26?,27-,28?/m1/s1. The fourth-order valence-corrected chi connectivity index (χ4v) is 5.93. The van der Waals surface area contributed by atoms with Crippen LogP contribution in [0.15, 0.2) is 0 Å². The lowest BCUT2D eigenvalue weighted by Crippen LogP contribution is -2.65. The van der Waals surface area contributed by atoms with E-state index in [1.165, 1.54) is 34.6 Å². The first-order valence-electron chi connectivity index (χ1n) is 14.4. The van der Waals surface area contributed by atoms with Gasteiger partial charge in [-0.05, 0) is 19.6 Å². The molecule has 17 heteroatoms. The Labute approximate surface area is 262 Å². The molecule has 2 heterocycles. The minimum atomic E-state index is -2.38. The summed E-state index contributed by atoms with van der Waals surface area (Å²) in [5.74, 6) is -3.99. The maximum absolute atomic E-state index is 12.3. The van der Waals surface area contributed by atoms with Gasteiger partial charge in [-0.1, -0.05) is 0 Å². The predicted octanol–water partition coefficient (Wildman–Crippen LogP) is 0.960. The monoisotopic (exact) mass is 664 g/mol. The van der Waals surface area contributed by atoms with Gasteiger partial charge >= 0.3 is 35.8 Å². The van der Waals surface area contributed by atoms with Crippen molar-refractivity contribution < 1.29 is 75.8 Å². The molecule has 0 aromatic carbocycles. The molecule has 0 aromatic rings. The Hall–Kier alpha value is -3.12. The van der Waals surface area contributed by atoms with Gasteiger partial charge < -0.3 is 47.1 Å². The number of carbonyl (C=O) groups excluding carboxylic acids is 6. The zero-order valence-electron chi connectivity index (χ0n) is 27.1. The van der Waals surface area contributed by atoms with Gasteiger partial charge in [0, 0.05) is 48.0 Å². The maximum Gasteiger partial charge on any atom is 0.303 e. The molecule has 16 nitrogen and oxygen atoms in total. The summed E-state index contributed by atoms with van der Waals surface area (Å²) < 4.78 is 56.9. The molecule has 7 unspecified atom stereocenters. The normalized spacial score (nSPS) is 29.9. The highest BCUT2D eigenvalue weighted by Crippen LogP contribution is 2.35. The smallest absolute Gasteiger partial charge is 0.303 e. The van der Waals surface area contributed by atoms with Crippen molar-refractivity contribution in [2.45, 2.75) is 116 Å². The number of esters is 6. The average molecular weight is 665 g/mol. The molecular weight excluding hydrogens is 620 g/mol. The third-order valence-corrected chi connectivity index (χ3v) is 7.34. The van der Waals surface area contributed by atoms with Crippen molar-refractivity contribution in [2.24, 2.45) is 0 Å². The zero-order chi connectivity index (χ0) is 34.1. The van der Waals surface area contributed by atoms with Gasteiger partial charge in [-0.25, -0.2) is 0 Å². The summed E-state index contributed by atoms with van der Waals surface area (Å²) in [5.41, 5.74) is -1.47. The van der Waals surface area contributed by atoms with Gasteiger partial charge in [0.2, 0.25) is 0 Å². The summed E-state index contributed by atoms with van der Waals surface area (Å²) in [4.78, 5) is 71.6. The molecule has 2 aliphatic heterocycles. The predicted molar refractivity (Wildman–Crippen MR) is 152 cm³/mol. The minimum Gasteiger partial charge on any atom is -0.463 e. The van der Waals surface area contributed by atoms with Crippen LogP contribution in [-0.4, -0.2) is 119 Å². The quantitative estimate of drug-likeness (QED) is 0.153. The van der Waals surface area contributed by atoms with Crippen molar-refractivity contribution >= 4 is 44.1 Å². The van der Waals surface area contributed by atoms with Crippen molar-refractivity contribution in [1.29, 1.82) is 0 Å². The summed E-state index contributed by atoms with van der Waals surface area (Å²) >= 11 is 0. The average Bonchev–Trinajstić information content (AvgIpc) is 2.88. The van der Waals surface area contributed by atoms with Crippen LogP contribution in [0.4, 0.5) is 0 Å². The van der Waals surface area contributed by atoms with Gasteiger partial charge in [-0.3, -0.25) is 28.8 Å². The second kappa shape index (κ2) is 16.4. The molecule has 45 heavy (non-hydrogen) atoms. The Balaban J connectivity index is 2.49. The summed E-state index contributed by atoms with van der Waals surface area (Å²) in [5, 5.41) is 0. The van der Waals surface area contributed by atoms with E-state index in [-0.39, 0.29) is 26.2 Å². The van der Waals surface area contributed by atoms with Gasteiger partial charge in [-0.15, -0.1) is 0 Å². The van der Waals surface area contributed by atoms with Gasteiger partial charge in [-0.2, -0.15) is 0 Å². The molecule has 256 valence electrons. The van der Waals surface area contributed by atoms with Gasteiger partial charge in [0.25, 0.3) is 0 Å². The Kier molecular flexibility index (Phi) is 13.9. The Morgan fingerprint density at radius 1 is 0.667 bits per heavy atom. The fourth-order valence-electron chi connectivity index (χ4n) is 4.83. The largest absolute Gasteiger partial charge is 0.463 e. The molecule has 2 aliphatic rings. The zero-order valence-corrected chi connectivity index (χ0v) is 28.1. The molecule has 8 atom stereocenters. The number of hydrogen-bond acceptors (Lipinski definition) is 16. The first-order chi connectivity index (χ1) is 20.8. The van der Waals surface area contributed by atoms with Crippen molar-refractivity contribution in [1.82, 2.24) is 0 Å². The third kappa shape index (κ3) is 12.7. The molecule has 0 spiro atoms. The number of carbonyl (C=O) groups is 6. The number of rotatable bonds is 13. The van der Waals surface area contributed by atoms with E-state index < -0.39 is 99.3 Å². The second-order valence-corrected chi connectivity index (χ2v) is 16.2. The van der Waals surface area contributed by atoms with Crippen LogP contribution < -0.4 is 0 Å². The lowest BCUT2D eigenvalue weighted by molar-refractivity contribution is -0.318. The summed E-state index contributed by atoms with van der Waals surface area (Å²) in [7, 11) is -2.38. The van der Waals surface area contributed by atoms with Gasteiger partial charge in [0.1, 0.15) is 37.1 Å². The molecule has 0 aliphatic carbocycles. The molecule has 0 N–H and O–H groups in total. The highest BCUT2D eigenvalue weighted by molar-refractivity contribution is 6.69. The molecular formula is C28H44O16Si. The molecule has 2 fully saturated rings. The molecule has 0 aromatic heterocycles. The SMILES string of the molecule is CC(=O)OCC1O[C@@H](OCC2(COC(C)=O)CC(OC(C)=O)C(OC(C)=O)CO2)C(OC(C)=O)C(OC(C)=O)C1O[Si](C)(C)C. The first-order valence-corrected chi connectivity index (χ1v) is 17.8. The van der Waals surface area contributed by atoms with Crippen LogP contribution in [0.25, 0.3) is 0 Å². The molecule has 0 amide bonds. The number of hydrogen-bond donors (Lipinski definition) is 0. The summed E-state index contributed by atoms with van der Waals surface area (Å²) in [6.07, 6.45) is -8.24. The van der Waals surface area contributed by atoms with Crippen LogP contribution >= 0.6 is 0 Å². The Bertz CT molecular complexity index is 1090. The molecule has 0 bridgehead atoms. The maximum atomic E-state index is 12.3. The lowest BCUT2D eigenvalue weighted by Gasteiger charge is -2.47. The minimum absolute atomic E-state index is 0.144. The lowest BCUT2D eigenvalue weighted by atomic mass is 9.91. The second-order valence-electron chi connectivity index (χ2n) is 11.8. The van der Waals surface area contributed by atoms with Crippen molar-refractivity contribution in [3.8, 4) is 0 Å². The Morgan fingerprint density at radius 3 is 1.71 bits per heavy atom. The van der Waals surface area contributed by atoms with Gasteiger partial charge in [0.15, 0.2) is 32.9 Å². The van der Waals surface area contributed by atoms with Gasteiger partial charge in [0.05, 0.1) is 13.2 Å². The van der Waals surface area contributed by atoms with Crippen molar-refractivity contribution in [2.75, 3.05) is 26.4 Å². The van der Waals surface area contributed by atoms with Crippen LogP contribution in [0.2, 0.25) is 19.6 Å². The van der Waals surface area contributed by atoms with Crippen LogP contribution in [0.1, 0.15) is 48.0 Å². The molecule has 0 saturated carbocycles. The van der Waals surface area contributed by atoms with E-state index in [9.17, 15) is 28.8 Å². The fraction of sp³-hybridized carbons (Fsp3) is 0.786. The van der Waals surface area contributed by atoms with Crippen molar-refractivity contribution in [3.63, 3.8) is 0 Å². The van der Waals surface area contributed by atoms with E-state index in [0.29, 0.717) is 0 Å². The first kappa shape index (κ1) is 38.1. The summed E-state index contributed by atoms with van der Waals surface area (Å²) in [6.45, 7) is 11.4. The van der Waals surface area contributed by atoms with Crippen LogP contribution in [0.5, 0.6) is 0 Å². The molecule has 0 radical (unpaired) electrons. The molecule has 2 saturated heterocycles. The highest BCUT2D eigenvalue weighted by atomic mass is 28.4. The topological polar surface area (TPSA) is 195 Å². The highest BCUT2D eigenvalue weighted by Gasteiger charge is 2.54. The van der Waals surface area contributed by atoms with Crippen LogP contribution in [-0.2, 0) is 75.8 Å². The van der Waals surface area contributed by atoms with E-state index in [1.807, 2.05) is 19.6 Å². The summed E-state index contributed by atoms with van der Waals surface area (Å²) in [6, 6.07) is 0. The van der Waals surface area contributed by atoms with E-state index in [0.717, 1.165) is 6.92 Å². The third-order valence-electron chi connectivity index (χ3n) is 6.36. The van der Waals surface area contributed by atoms with E-state index in [2.05, 4.69) is 0 Å². The number of ether oxygens (including phenoxy) is 9. The Morgan fingerprint density at radius 2 is 1.20 bits per heavy atom. The van der Waals surface area contributed by atoms with Crippen LogP contribution in [0.3, 0.4) is 0 Å². The van der Waals surface area contributed by atoms with E-state index >= 15 is 0 Å². The molecule has 2 rings (SSSR count). The van der Waals surface area contributed by atoms with Crippen molar-refractivity contribution in [3.05, 3.63) is 0 Å². The van der Waals surface area contributed by atoms with E-state index in [1.54, 1.807) is 0 Å².